The monoisotopic (exact) mass is 391 g/mol. The average molecular weight is 392 g/mol. The van der Waals surface area contributed by atoms with Gasteiger partial charge in [0.15, 0.2) is 6.10 Å². The first kappa shape index (κ1) is 20.7. The van der Waals surface area contributed by atoms with Gasteiger partial charge in [0, 0.05) is 6.54 Å². The van der Waals surface area contributed by atoms with Gasteiger partial charge in [-0.1, -0.05) is 42.5 Å². The number of nitrogens with one attached hydrogen (secondary N) is 1. The molecule has 152 valence electrons. The summed E-state index contributed by atoms with van der Waals surface area (Å²) in [6.45, 7) is 6.42. The molecular formula is C25H29NO3. The fourth-order valence-electron chi connectivity index (χ4n) is 3.19. The van der Waals surface area contributed by atoms with Crippen molar-refractivity contribution in [3.05, 3.63) is 72.3 Å². The Balaban J connectivity index is 1.44. The van der Waals surface area contributed by atoms with Crippen LogP contribution in [-0.2, 0) is 11.2 Å². The lowest BCUT2D eigenvalue weighted by molar-refractivity contribution is -0.127. The van der Waals surface area contributed by atoms with Crippen molar-refractivity contribution in [1.29, 1.82) is 0 Å². The quantitative estimate of drug-likeness (QED) is 0.514. The van der Waals surface area contributed by atoms with Crippen molar-refractivity contribution in [2.24, 2.45) is 0 Å². The summed E-state index contributed by atoms with van der Waals surface area (Å²) in [5.41, 5.74) is 1.21. The van der Waals surface area contributed by atoms with Crippen molar-refractivity contribution < 1.29 is 14.3 Å². The zero-order valence-corrected chi connectivity index (χ0v) is 17.4. The first-order valence-corrected chi connectivity index (χ1v) is 10.2. The molecule has 3 rings (SSSR count). The number of ether oxygens (including phenoxy) is 2. The standard InChI is InChI=1S/C25H29NO3/c1-18(2)28-23-12-6-8-20(16-23)9-7-15-26-25(27)19(3)29-24-14-13-21-10-4-5-11-22(21)17-24/h4-6,8,10-14,16-19H,7,9,15H2,1-3H3,(H,26,27). The highest BCUT2D eigenvalue weighted by molar-refractivity contribution is 5.84. The van der Waals surface area contributed by atoms with E-state index in [1.54, 1.807) is 6.92 Å². The lowest BCUT2D eigenvalue weighted by atomic mass is 10.1. The number of hydrogen-bond acceptors (Lipinski definition) is 3. The Morgan fingerprint density at radius 1 is 0.862 bits per heavy atom. The van der Waals surface area contributed by atoms with Crippen molar-refractivity contribution in [2.75, 3.05) is 6.54 Å². The van der Waals surface area contributed by atoms with Crippen molar-refractivity contribution >= 4 is 16.7 Å². The number of fused-ring (bicyclic) bond motifs is 1. The molecule has 0 aliphatic heterocycles. The largest absolute Gasteiger partial charge is 0.491 e. The van der Waals surface area contributed by atoms with Crippen LogP contribution in [0.5, 0.6) is 11.5 Å². The maximum absolute atomic E-state index is 12.3. The summed E-state index contributed by atoms with van der Waals surface area (Å²) >= 11 is 0. The molecule has 0 saturated carbocycles. The van der Waals surface area contributed by atoms with Crippen LogP contribution < -0.4 is 14.8 Å². The summed E-state index contributed by atoms with van der Waals surface area (Å²) in [7, 11) is 0. The van der Waals surface area contributed by atoms with E-state index in [9.17, 15) is 4.79 Å². The van der Waals surface area contributed by atoms with Gasteiger partial charge in [-0.3, -0.25) is 4.79 Å². The molecule has 0 fully saturated rings. The molecule has 0 aliphatic rings. The summed E-state index contributed by atoms with van der Waals surface area (Å²) in [4.78, 5) is 12.3. The van der Waals surface area contributed by atoms with Gasteiger partial charge in [-0.25, -0.2) is 0 Å². The van der Waals surface area contributed by atoms with Crippen molar-refractivity contribution in [1.82, 2.24) is 5.32 Å². The molecule has 1 unspecified atom stereocenters. The van der Waals surface area contributed by atoms with E-state index < -0.39 is 6.10 Å². The summed E-state index contributed by atoms with van der Waals surface area (Å²) in [6, 6.07) is 22.1. The number of aryl methyl sites for hydroxylation is 1. The third-order valence-electron chi connectivity index (χ3n) is 4.61. The Kier molecular flexibility index (Phi) is 7.12. The molecule has 0 radical (unpaired) electrons. The molecule has 3 aromatic rings. The number of carbonyl (C=O) groups excluding carboxylic acids is 1. The number of benzene rings is 3. The van der Waals surface area contributed by atoms with Gasteiger partial charge in [-0.15, -0.1) is 0 Å². The Morgan fingerprint density at radius 3 is 2.41 bits per heavy atom. The Morgan fingerprint density at radius 2 is 1.62 bits per heavy atom. The molecule has 1 atom stereocenters. The van der Waals surface area contributed by atoms with Crippen LogP contribution in [0, 0.1) is 0 Å². The summed E-state index contributed by atoms with van der Waals surface area (Å²) < 4.78 is 11.6. The van der Waals surface area contributed by atoms with Crippen molar-refractivity contribution in [3.8, 4) is 11.5 Å². The fraction of sp³-hybridized carbons (Fsp3) is 0.320. The zero-order chi connectivity index (χ0) is 20.6. The van der Waals surface area contributed by atoms with Gasteiger partial charge in [0.25, 0.3) is 5.91 Å². The fourth-order valence-corrected chi connectivity index (χ4v) is 3.19. The SMILES string of the molecule is CC(C)Oc1cccc(CCCNC(=O)C(C)Oc2ccc3ccccc3c2)c1. The van der Waals surface area contributed by atoms with E-state index in [0.717, 1.165) is 29.4 Å². The highest BCUT2D eigenvalue weighted by Gasteiger charge is 2.14. The van der Waals surface area contributed by atoms with E-state index in [2.05, 4.69) is 23.5 Å². The predicted molar refractivity (Wildman–Crippen MR) is 118 cm³/mol. The maximum Gasteiger partial charge on any atom is 0.260 e. The summed E-state index contributed by atoms with van der Waals surface area (Å²) in [5.74, 6) is 1.49. The van der Waals surface area contributed by atoms with Crippen LogP contribution in [0.3, 0.4) is 0 Å². The van der Waals surface area contributed by atoms with E-state index in [4.69, 9.17) is 9.47 Å². The van der Waals surface area contributed by atoms with Gasteiger partial charge < -0.3 is 14.8 Å². The Labute approximate surface area is 172 Å². The van der Waals surface area contributed by atoms with Gasteiger partial charge in [0.1, 0.15) is 11.5 Å². The van der Waals surface area contributed by atoms with Crippen LogP contribution in [-0.4, -0.2) is 24.7 Å². The average Bonchev–Trinajstić information content (AvgIpc) is 2.70. The molecule has 4 heteroatoms. The molecule has 3 aromatic carbocycles. The lowest BCUT2D eigenvalue weighted by Gasteiger charge is -2.15. The second-order valence-electron chi connectivity index (χ2n) is 7.48. The highest BCUT2D eigenvalue weighted by atomic mass is 16.5. The van der Waals surface area contributed by atoms with Gasteiger partial charge in [0.05, 0.1) is 6.10 Å². The van der Waals surface area contributed by atoms with E-state index >= 15 is 0 Å². The number of rotatable bonds is 9. The molecule has 0 bridgehead atoms. The molecule has 0 aromatic heterocycles. The molecular weight excluding hydrogens is 362 g/mol. The van der Waals surface area contributed by atoms with E-state index in [0.29, 0.717) is 12.3 Å². The third-order valence-corrected chi connectivity index (χ3v) is 4.61. The highest BCUT2D eigenvalue weighted by Crippen LogP contribution is 2.21. The van der Waals surface area contributed by atoms with Gasteiger partial charge in [-0.05, 0) is 74.2 Å². The van der Waals surface area contributed by atoms with Crippen LogP contribution in [0.25, 0.3) is 10.8 Å². The Hall–Kier alpha value is -3.01. The number of hydrogen-bond donors (Lipinski definition) is 1. The molecule has 0 saturated heterocycles. The summed E-state index contributed by atoms with van der Waals surface area (Å²) in [5, 5.41) is 5.21. The number of amides is 1. The first-order valence-electron chi connectivity index (χ1n) is 10.2. The molecule has 0 aliphatic carbocycles. The second-order valence-corrected chi connectivity index (χ2v) is 7.48. The Bertz CT molecular complexity index is 951. The van der Waals surface area contributed by atoms with E-state index in [1.165, 1.54) is 5.56 Å². The third kappa shape index (κ3) is 6.24. The van der Waals surface area contributed by atoms with Crippen LogP contribution in [0.4, 0.5) is 0 Å². The molecule has 29 heavy (non-hydrogen) atoms. The number of carbonyl (C=O) groups is 1. The minimum Gasteiger partial charge on any atom is -0.491 e. The maximum atomic E-state index is 12.3. The van der Waals surface area contributed by atoms with Crippen LogP contribution in [0.15, 0.2) is 66.7 Å². The van der Waals surface area contributed by atoms with Gasteiger partial charge in [-0.2, -0.15) is 0 Å². The minimum atomic E-state index is -0.543. The lowest BCUT2D eigenvalue weighted by Crippen LogP contribution is -2.36. The molecule has 1 amide bonds. The summed E-state index contributed by atoms with van der Waals surface area (Å²) in [6.07, 6.45) is 1.36. The van der Waals surface area contributed by atoms with Crippen LogP contribution in [0.1, 0.15) is 32.8 Å². The normalized spacial score (nSPS) is 12.0. The minimum absolute atomic E-state index is 0.102. The van der Waals surface area contributed by atoms with E-state index in [1.807, 2.05) is 62.4 Å². The zero-order valence-electron chi connectivity index (χ0n) is 17.4. The predicted octanol–water partition coefficient (Wildman–Crippen LogP) is 5.14. The topological polar surface area (TPSA) is 47.6 Å². The molecule has 1 N–H and O–H groups in total. The van der Waals surface area contributed by atoms with Crippen molar-refractivity contribution in [3.63, 3.8) is 0 Å². The first-order chi connectivity index (χ1) is 14.0. The van der Waals surface area contributed by atoms with Gasteiger partial charge >= 0.3 is 0 Å². The van der Waals surface area contributed by atoms with Crippen LogP contribution >= 0.6 is 0 Å². The van der Waals surface area contributed by atoms with Crippen molar-refractivity contribution in [2.45, 2.75) is 45.8 Å². The molecule has 0 heterocycles. The second kappa shape index (κ2) is 9.97. The van der Waals surface area contributed by atoms with Gasteiger partial charge in [0.2, 0.25) is 0 Å². The van der Waals surface area contributed by atoms with Crippen LogP contribution in [0.2, 0.25) is 0 Å². The molecule has 0 spiro atoms. The molecule has 4 nitrogen and oxygen atoms in total. The smallest absolute Gasteiger partial charge is 0.260 e. The van der Waals surface area contributed by atoms with E-state index in [-0.39, 0.29) is 12.0 Å².